The summed E-state index contributed by atoms with van der Waals surface area (Å²) in [4.78, 5) is 12.0. The van der Waals surface area contributed by atoms with Gasteiger partial charge >= 0.3 is 0 Å². The van der Waals surface area contributed by atoms with Crippen LogP contribution in [0.2, 0.25) is 0 Å². The quantitative estimate of drug-likeness (QED) is 0.699. The molecule has 1 heterocycles. The van der Waals surface area contributed by atoms with Crippen LogP contribution < -0.4 is 10.6 Å². The van der Waals surface area contributed by atoms with Gasteiger partial charge in [0.25, 0.3) is 5.91 Å². The first kappa shape index (κ1) is 18.9. The second-order valence-electron chi connectivity index (χ2n) is 4.85. The lowest BCUT2D eigenvalue weighted by molar-refractivity contribution is 0.0946. The van der Waals surface area contributed by atoms with Gasteiger partial charge in [0.1, 0.15) is 5.82 Å². The largest absolute Gasteiger partial charge is 0.504 e. The molecular formula is C15H20ClFN4O2. The summed E-state index contributed by atoms with van der Waals surface area (Å²) in [5, 5.41) is 19.7. The van der Waals surface area contributed by atoms with Gasteiger partial charge in [-0.25, -0.2) is 9.07 Å². The van der Waals surface area contributed by atoms with Crippen molar-refractivity contribution in [2.45, 2.75) is 13.8 Å². The molecule has 0 saturated heterocycles. The topological polar surface area (TPSA) is 79.2 Å². The van der Waals surface area contributed by atoms with Crippen molar-refractivity contribution in [2.75, 3.05) is 19.6 Å². The lowest BCUT2D eigenvalue weighted by Gasteiger charge is -2.05. The molecule has 126 valence electrons. The van der Waals surface area contributed by atoms with E-state index >= 15 is 0 Å². The summed E-state index contributed by atoms with van der Waals surface area (Å²) in [6, 6.07) is 4.21. The van der Waals surface area contributed by atoms with Crippen LogP contribution in [0.25, 0.3) is 5.69 Å². The van der Waals surface area contributed by atoms with Crippen LogP contribution in [0.3, 0.4) is 0 Å². The Bertz CT molecular complexity index is 675. The number of aromatic hydroxyl groups is 1. The molecule has 8 heteroatoms. The van der Waals surface area contributed by atoms with Gasteiger partial charge in [-0.2, -0.15) is 5.10 Å². The highest BCUT2D eigenvalue weighted by Gasteiger charge is 2.17. The number of aromatic nitrogens is 2. The number of likely N-dealkylation sites (N-methyl/N-ethyl adjacent to an activating group) is 1. The number of aryl methyl sites for hydroxylation is 1. The van der Waals surface area contributed by atoms with Gasteiger partial charge in [0.05, 0.1) is 11.9 Å². The summed E-state index contributed by atoms with van der Waals surface area (Å²) < 4.78 is 14.5. The van der Waals surface area contributed by atoms with Crippen LogP contribution in [0.5, 0.6) is 5.75 Å². The van der Waals surface area contributed by atoms with Crippen LogP contribution in [0, 0.1) is 12.7 Å². The summed E-state index contributed by atoms with van der Waals surface area (Å²) in [5.41, 5.74) is 1.20. The molecule has 6 nitrogen and oxygen atoms in total. The molecule has 0 aliphatic heterocycles. The van der Waals surface area contributed by atoms with E-state index in [1.165, 1.54) is 23.0 Å². The number of rotatable bonds is 6. The van der Waals surface area contributed by atoms with Gasteiger partial charge in [0.2, 0.25) is 0 Å². The monoisotopic (exact) mass is 342 g/mol. The van der Waals surface area contributed by atoms with Crippen LogP contribution >= 0.6 is 12.4 Å². The normalized spacial score (nSPS) is 10.2. The van der Waals surface area contributed by atoms with Crippen LogP contribution in [0.4, 0.5) is 4.39 Å². The van der Waals surface area contributed by atoms with E-state index in [1.54, 1.807) is 13.0 Å². The highest BCUT2D eigenvalue weighted by Crippen LogP contribution is 2.20. The van der Waals surface area contributed by atoms with Crippen molar-refractivity contribution in [1.29, 1.82) is 0 Å². The number of amides is 1. The van der Waals surface area contributed by atoms with Crippen LogP contribution in [0.15, 0.2) is 24.4 Å². The second kappa shape index (κ2) is 8.50. The van der Waals surface area contributed by atoms with Gasteiger partial charge in [0.15, 0.2) is 11.4 Å². The van der Waals surface area contributed by atoms with Crippen molar-refractivity contribution in [2.24, 2.45) is 0 Å². The van der Waals surface area contributed by atoms with Gasteiger partial charge in [-0.1, -0.05) is 6.92 Å². The minimum Gasteiger partial charge on any atom is -0.504 e. The Morgan fingerprint density at radius 2 is 2.13 bits per heavy atom. The van der Waals surface area contributed by atoms with E-state index < -0.39 is 5.91 Å². The predicted molar refractivity (Wildman–Crippen MR) is 88.0 cm³/mol. The van der Waals surface area contributed by atoms with Crippen LogP contribution in [0.1, 0.15) is 23.0 Å². The van der Waals surface area contributed by atoms with Gasteiger partial charge in [-0.15, -0.1) is 12.4 Å². The fourth-order valence-electron chi connectivity index (χ4n) is 2.05. The number of carbonyl (C=O) groups excluding carboxylic acids is 1. The predicted octanol–water partition coefficient (Wildman–Crippen LogP) is 1.79. The number of hydrogen-bond acceptors (Lipinski definition) is 4. The summed E-state index contributed by atoms with van der Waals surface area (Å²) in [5.74, 6) is -1.02. The number of hydrogen-bond donors (Lipinski definition) is 3. The van der Waals surface area contributed by atoms with Crippen molar-refractivity contribution >= 4 is 18.3 Å². The Kier molecular flexibility index (Phi) is 6.99. The first-order valence-corrected chi connectivity index (χ1v) is 7.07. The van der Waals surface area contributed by atoms with E-state index in [9.17, 15) is 14.3 Å². The first-order valence-electron chi connectivity index (χ1n) is 7.07. The number of nitrogens with one attached hydrogen (secondary N) is 2. The zero-order valence-corrected chi connectivity index (χ0v) is 13.8. The smallest absolute Gasteiger partial charge is 0.275 e. The van der Waals surface area contributed by atoms with E-state index in [0.29, 0.717) is 24.3 Å². The second-order valence-corrected chi connectivity index (χ2v) is 4.85. The Balaban J connectivity index is 0.00000264. The molecular weight excluding hydrogens is 323 g/mol. The molecule has 0 fully saturated rings. The SMILES string of the molecule is CCNCCNC(=O)c1nn(-c2ccc(F)cc2C)cc1O.Cl. The van der Waals surface area contributed by atoms with Gasteiger partial charge in [-0.3, -0.25) is 4.79 Å². The minimum atomic E-state index is -0.450. The minimum absolute atomic E-state index is 0. The molecule has 3 N–H and O–H groups in total. The van der Waals surface area contributed by atoms with Gasteiger partial charge in [0, 0.05) is 13.1 Å². The summed E-state index contributed by atoms with van der Waals surface area (Å²) in [7, 11) is 0. The molecule has 2 aromatic rings. The van der Waals surface area contributed by atoms with E-state index in [1.807, 2.05) is 6.92 Å². The molecule has 0 atom stereocenters. The summed E-state index contributed by atoms with van der Waals surface area (Å²) >= 11 is 0. The first-order chi connectivity index (χ1) is 10.5. The number of nitrogens with zero attached hydrogens (tertiary/aromatic N) is 2. The average molecular weight is 343 g/mol. The lowest BCUT2D eigenvalue weighted by atomic mass is 10.2. The molecule has 1 amide bonds. The molecule has 0 aliphatic carbocycles. The number of halogens is 2. The van der Waals surface area contributed by atoms with E-state index in [2.05, 4.69) is 15.7 Å². The number of carbonyl (C=O) groups is 1. The summed E-state index contributed by atoms with van der Waals surface area (Å²) in [6.45, 7) is 5.60. The van der Waals surface area contributed by atoms with Crippen molar-refractivity contribution in [3.8, 4) is 11.4 Å². The van der Waals surface area contributed by atoms with Gasteiger partial charge < -0.3 is 15.7 Å². The summed E-state index contributed by atoms with van der Waals surface area (Å²) in [6.07, 6.45) is 1.33. The third-order valence-corrected chi connectivity index (χ3v) is 3.15. The zero-order chi connectivity index (χ0) is 16.1. The van der Waals surface area contributed by atoms with Crippen molar-refractivity contribution < 1.29 is 14.3 Å². The molecule has 1 aromatic heterocycles. The number of benzene rings is 1. The fourth-order valence-corrected chi connectivity index (χ4v) is 2.05. The van der Waals surface area contributed by atoms with Crippen molar-refractivity contribution in [3.05, 3.63) is 41.5 Å². The molecule has 0 radical (unpaired) electrons. The van der Waals surface area contributed by atoms with Crippen LogP contribution in [-0.2, 0) is 0 Å². The third-order valence-electron chi connectivity index (χ3n) is 3.15. The Hall–Kier alpha value is -2.12. The van der Waals surface area contributed by atoms with Gasteiger partial charge in [-0.05, 0) is 37.2 Å². The third kappa shape index (κ3) is 4.67. The molecule has 0 aliphatic rings. The van der Waals surface area contributed by atoms with Crippen molar-refractivity contribution in [3.63, 3.8) is 0 Å². The highest BCUT2D eigenvalue weighted by molar-refractivity contribution is 5.94. The van der Waals surface area contributed by atoms with E-state index in [-0.39, 0.29) is 29.7 Å². The Morgan fingerprint density at radius 1 is 1.39 bits per heavy atom. The molecule has 0 saturated carbocycles. The molecule has 23 heavy (non-hydrogen) atoms. The maximum Gasteiger partial charge on any atom is 0.275 e. The standard InChI is InChI=1S/C15H19FN4O2.ClH/c1-3-17-6-7-18-15(22)14-13(21)9-20(19-14)12-5-4-11(16)8-10(12)2;/h4-5,8-9,17,21H,3,6-7H2,1-2H3,(H,18,22);1H. The molecule has 2 rings (SSSR count). The Morgan fingerprint density at radius 3 is 2.78 bits per heavy atom. The molecule has 0 unspecified atom stereocenters. The molecule has 0 spiro atoms. The van der Waals surface area contributed by atoms with E-state index in [0.717, 1.165) is 6.54 Å². The van der Waals surface area contributed by atoms with Crippen LogP contribution in [-0.4, -0.2) is 40.4 Å². The van der Waals surface area contributed by atoms with Crippen molar-refractivity contribution in [1.82, 2.24) is 20.4 Å². The fraction of sp³-hybridized carbons (Fsp3) is 0.333. The highest BCUT2D eigenvalue weighted by atomic mass is 35.5. The maximum atomic E-state index is 13.1. The lowest BCUT2D eigenvalue weighted by Crippen LogP contribution is -2.32. The van der Waals surface area contributed by atoms with E-state index in [4.69, 9.17) is 0 Å². The molecule has 1 aromatic carbocycles. The molecule has 0 bridgehead atoms. The average Bonchev–Trinajstić information content (AvgIpc) is 2.85. The zero-order valence-electron chi connectivity index (χ0n) is 13.0. The maximum absolute atomic E-state index is 13.1. The Labute approximate surface area is 140 Å².